The zero-order valence-electron chi connectivity index (χ0n) is 23.7. The van der Waals surface area contributed by atoms with Gasteiger partial charge in [0.05, 0.1) is 23.8 Å². The summed E-state index contributed by atoms with van der Waals surface area (Å²) in [7, 11) is 0. The molecule has 0 bridgehead atoms. The molecule has 0 radical (unpaired) electrons. The van der Waals surface area contributed by atoms with Crippen molar-refractivity contribution in [3.63, 3.8) is 0 Å². The monoisotopic (exact) mass is 566 g/mol. The highest BCUT2D eigenvalue weighted by Crippen LogP contribution is 2.46. The third-order valence-electron chi connectivity index (χ3n) is 7.89. The molecule has 3 aliphatic heterocycles. The van der Waals surface area contributed by atoms with Gasteiger partial charge in [-0.3, -0.25) is 9.69 Å². The fraction of sp³-hybridized carbons (Fsp3) is 0.484. The number of likely N-dealkylation sites (N-methyl/N-ethyl adjacent to an activating group) is 1. The van der Waals surface area contributed by atoms with Gasteiger partial charge in [-0.15, -0.1) is 0 Å². The lowest BCUT2D eigenvalue weighted by Crippen LogP contribution is -2.48. The van der Waals surface area contributed by atoms with Crippen molar-refractivity contribution in [2.24, 2.45) is 4.99 Å². The maximum absolute atomic E-state index is 13.4. The molecule has 0 N–H and O–H groups in total. The molecule has 1 amide bonds. The number of halogens is 1. The summed E-state index contributed by atoms with van der Waals surface area (Å²) in [5.74, 6) is 0.385. The van der Waals surface area contributed by atoms with Crippen molar-refractivity contribution in [2.45, 2.75) is 58.9 Å². The van der Waals surface area contributed by atoms with Gasteiger partial charge < -0.3 is 14.5 Å². The van der Waals surface area contributed by atoms with Crippen molar-refractivity contribution in [3.8, 4) is 0 Å². The first-order chi connectivity index (χ1) is 18.7. The highest BCUT2D eigenvalue weighted by Gasteiger charge is 2.37. The van der Waals surface area contributed by atoms with Gasteiger partial charge in [0.2, 0.25) is 0 Å². The summed E-state index contributed by atoms with van der Waals surface area (Å²) < 4.78 is 5.46. The number of ether oxygens (including phenoxy) is 1. The molecule has 1 atom stereocenters. The number of nitrogens with zero attached hydrogens (tertiary/aromatic N) is 4. The largest absolute Gasteiger partial charge is 0.378 e. The number of aliphatic imine (C=N–C) groups is 1. The number of fused-ring (bicyclic) bond motifs is 1. The zero-order chi connectivity index (χ0) is 27.7. The van der Waals surface area contributed by atoms with Crippen LogP contribution in [0, 0.1) is 0 Å². The van der Waals surface area contributed by atoms with E-state index in [0.717, 1.165) is 56.9 Å². The van der Waals surface area contributed by atoms with Gasteiger partial charge in [-0.1, -0.05) is 25.4 Å². The molecule has 2 fully saturated rings. The smallest absolute Gasteiger partial charge is 0.266 e. The van der Waals surface area contributed by atoms with Gasteiger partial charge in [-0.2, -0.15) is 0 Å². The third kappa shape index (κ3) is 5.72. The first-order valence-electron chi connectivity index (χ1n) is 14.1. The van der Waals surface area contributed by atoms with Gasteiger partial charge >= 0.3 is 0 Å². The van der Waals surface area contributed by atoms with Gasteiger partial charge in [-0.25, -0.2) is 4.99 Å². The van der Waals surface area contributed by atoms with E-state index in [-0.39, 0.29) is 11.4 Å². The predicted molar refractivity (Wildman–Crippen MR) is 166 cm³/mol. The molecule has 1 unspecified atom stereocenters. The average molecular weight is 567 g/mol. The standard InChI is InChI=1S/C31H39ClN4O2S/c1-6-12-36-27-19-26(32)22(17-25(27)21(3)20-31(36,4)5)18-28-29(37)35(7-2)30(39-28)33-23-8-10-24(11-9-23)34-13-15-38-16-14-34/h8-11,17-19,21H,6-7,12-16,20H2,1-5H3/b28-18+,33-30?. The van der Waals surface area contributed by atoms with Gasteiger partial charge in [0.25, 0.3) is 5.91 Å². The highest BCUT2D eigenvalue weighted by molar-refractivity contribution is 8.18. The maximum Gasteiger partial charge on any atom is 0.266 e. The zero-order valence-corrected chi connectivity index (χ0v) is 25.2. The Balaban J connectivity index is 1.42. The van der Waals surface area contributed by atoms with E-state index in [1.54, 1.807) is 4.90 Å². The van der Waals surface area contributed by atoms with Crippen molar-refractivity contribution in [1.29, 1.82) is 0 Å². The first-order valence-corrected chi connectivity index (χ1v) is 15.2. The number of hydrogen-bond acceptors (Lipinski definition) is 6. The van der Waals surface area contributed by atoms with Crippen molar-refractivity contribution in [1.82, 2.24) is 4.90 Å². The van der Waals surface area contributed by atoms with Gasteiger partial charge in [-0.05, 0) is 105 Å². The number of anilines is 2. The number of rotatable bonds is 6. The van der Waals surface area contributed by atoms with E-state index >= 15 is 0 Å². The molecule has 39 heavy (non-hydrogen) atoms. The number of benzene rings is 2. The van der Waals surface area contributed by atoms with Gasteiger partial charge in [0.1, 0.15) is 0 Å². The molecular formula is C31H39ClN4O2S. The van der Waals surface area contributed by atoms with Crippen LogP contribution in [0.15, 0.2) is 46.3 Å². The number of hydrogen-bond donors (Lipinski definition) is 0. The van der Waals surface area contributed by atoms with Crippen LogP contribution in [-0.4, -0.2) is 60.9 Å². The van der Waals surface area contributed by atoms with Crippen LogP contribution in [0.5, 0.6) is 0 Å². The second kappa shape index (κ2) is 11.6. The molecule has 6 nitrogen and oxygen atoms in total. The van der Waals surface area contributed by atoms with E-state index in [2.05, 4.69) is 61.8 Å². The summed E-state index contributed by atoms with van der Waals surface area (Å²) in [5.41, 5.74) is 5.49. The second-order valence-corrected chi connectivity index (χ2v) is 12.6. The molecule has 0 spiro atoms. The van der Waals surface area contributed by atoms with Crippen LogP contribution in [0.3, 0.4) is 0 Å². The average Bonchev–Trinajstić information content (AvgIpc) is 3.21. The Hall–Kier alpha value is -2.48. The topological polar surface area (TPSA) is 48.4 Å². The molecule has 3 aliphatic rings. The second-order valence-electron chi connectivity index (χ2n) is 11.2. The minimum absolute atomic E-state index is 0.0261. The Morgan fingerprint density at radius 2 is 1.87 bits per heavy atom. The molecule has 5 rings (SSSR count). The maximum atomic E-state index is 13.4. The Bertz CT molecular complexity index is 1280. The lowest BCUT2D eigenvalue weighted by molar-refractivity contribution is -0.122. The van der Waals surface area contributed by atoms with E-state index in [9.17, 15) is 4.79 Å². The van der Waals surface area contributed by atoms with Crippen molar-refractivity contribution >= 4 is 57.6 Å². The van der Waals surface area contributed by atoms with Gasteiger partial charge in [0.15, 0.2) is 5.17 Å². The van der Waals surface area contributed by atoms with Crippen LogP contribution in [-0.2, 0) is 9.53 Å². The third-order valence-corrected chi connectivity index (χ3v) is 9.23. The van der Waals surface area contributed by atoms with Crippen LogP contribution in [0.25, 0.3) is 6.08 Å². The van der Waals surface area contributed by atoms with Crippen LogP contribution in [0.1, 0.15) is 64.5 Å². The fourth-order valence-corrected chi connectivity index (χ4v) is 7.23. The predicted octanol–water partition coefficient (Wildman–Crippen LogP) is 7.30. The Labute approximate surface area is 242 Å². The Morgan fingerprint density at radius 3 is 2.54 bits per heavy atom. The molecule has 0 aliphatic carbocycles. The lowest BCUT2D eigenvalue weighted by atomic mass is 9.79. The molecule has 0 saturated carbocycles. The molecule has 208 valence electrons. The number of amidine groups is 1. The normalized spacial score (nSPS) is 23.2. The molecule has 3 heterocycles. The lowest BCUT2D eigenvalue weighted by Gasteiger charge is -2.47. The summed E-state index contributed by atoms with van der Waals surface area (Å²) >= 11 is 8.28. The fourth-order valence-electron chi connectivity index (χ4n) is 5.96. The van der Waals surface area contributed by atoms with Crippen molar-refractivity contribution < 1.29 is 9.53 Å². The quantitative estimate of drug-likeness (QED) is 0.343. The van der Waals surface area contributed by atoms with E-state index in [1.807, 2.05) is 25.1 Å². The van der Waals surface area contributed by atoms with Crippen LogP contribution >= 0.6 is 23.4 Å². The molecular weight excluding hydrogens is 528 g/mol. The summed E-state index contributed by atoms with van der Waals surface area (Å²) in [4.78, 5) is 25.4. The number of morpholine rings is 1. The van der Waals surface area contributed by atoms with E-state index in [4.69, 9.17) is 21.3 Å². The minimum atomic E-state index is -0.0261. The number of amides is 1. The van der Waals surface area contributed by atoms with E-state index in [0.29, 0.717) is 27.6 Å². The summed E-state index contributed by atoms with van der Waals surface area (Å²) in [6.07, 6.45) is 4.10. The summed E-state index contributed by atoms with van der Waals surface area (Å²) in [6, 6.07) is 12.5. The SMILES string of the molecule is CCCN1c2cc(Cl)c(/C=C3/SC(=Nc4ccc(N5CCOCC5)cc4)N(CC)C3=O)cc2C(C)CC1(C)C. The molecule has 0 aromatic heterocycles. The molecule has 2 aromatic rings. The molecule has 2 saturated heterocycles. The minimum Gasteiger partial charge on any atom is -0.378 e. The molecule has 2 aromatic carbocycles. The van der Waals surface area contributed by atoms with Crippen molar-refractivity contribution in [2.75, 3.05) is 49.2 Å². The van der Waals surface area contributed by atoms with E-state index in [1.165, 1.54) is 28.7 Å². The first kappa shape index (κ1) is 28.1. The van der Waals surface area contributed by atoms with Crippen LogP contribution in [0.2, 0.25) is 5.02 Å². The number of thioether (sulfide) groups is 1. The van der Waals surface area contributed by atoms with E-state index < -0.39 is 0 Å². The number of carbonyl (C=O) groups excluding carboxylic acids is 1. The summed E-state index contributed by atoms with van der Waals surface area (Å²) in [6.45, 7) is 16.0. The Kier molecular flexibility index (Phi) is 8.32. The highest BCUT2D eigenvalue weighted by atomic mass is 35.5. The van der Waals surface area contributed by atoms with Gasteiger partial charge in [0, 0.05) is 48.1 Å². The van der Waals surface area contributed by atoms with Crippen LogP contribution in [0.4, 0.5) is 17.1 Å². The Morgan fingerprint density at radius 1 is 1.15 bits per heavy atom. The van der Waals surface area contributed by atoms with Crippen molar-refractivity contribution in [3.05, 3.63) is 57.5 Å². The summed E-state index contributed by atoms with van der Waals surface area (Å²) in [5, 5.41) is 1.37. The molecule has 8 heteroatoms. The number of carbonyl (C=O) groups is 1. The van der Waals surface area contributed by atoms with Crippen LogP contribution < -0.4 is 9.80 Å².